The Morgan fingerprint density at radius 3 is 2.74 bits per heavy atom. The highest BCUT2D eigenvalue weighted by Gasteiger charge is 2.43. The fourth-order valence-electron chi connectivity index (χ4n) is 3.60. The van der Waals surface area contributed by atoms with E-state index in [1.807, 2.05) is 35.2 Å². The average Bonchev–Trinajstić information content (AvgIpc) is 3.08. The fraction of sp³-hybridized carbons (Fsp3) is 0.350. The third kappa shape index (κ3) is 3.45. The normalized spacial score (nSPS) is 18.1. The van der Waals surface area contributed by atoms with Crippen molar-refractivity contribution in [3.63, 3.8) is 0 Å². The number of aromatic nitrogens is 1. The summed E-state index contributed by atoms with van der Waals surface area (Å²) in [6.45, 7) is 1.66. The van der Waals surface area contributed by atoms with Crippen LogP contribution in [0.2, 0.25) is 0 Å². The van der Waals surface area contributed by atoms with Crippen molar-refractivity contribution in [3.05, 3.63) is 48.3 Å². The van der Waals surface area contributed by atoms with E-state index in [0.29, 0.717) is 43.8 Å². The van der Waals surface area contributed by atoms with Gasteiger partial charge in [0.2, 0.25) is 0 Å². The summed E-state index contributed by atoms with van der Waals surface area (Å²) in [5.74, 6) is 0.658. The van der Waals surface area contributed by atoms with Crippen molar-refractivity contribution in [3.8, 4) is 16.9 Å². The third-order valence-electron chi connectivity index (χ3n) is 5.22. The van der Waals surface area contributed by atoms with Crippen LogP contribution in [0.1, 0.15) is 23.2 Å². The number of hydrogen-bond acceptors (Lipinski definition) is 5. The van der Waals surface area contributed by atoms with Gasteiger partial charge in [-0.2, -0.15) is 0 Å². The minimum absolute atomic E-state index is 0.0140. The molecule has 4 rings (SSSR count). The molecule has 2 aliphatic heterocycles. The average molecular weight is 367 g/mol. The highest BCUT2D eigenvalue weighted by atomic mass is 16.6. The van der Waals surface area contributed by atoms with Gasteiger partial charge in [0.15, 0.2) is 0 Å². The summed E-state index contributed by atoms with van der Waals surface area (Å²) in [4.78, 5) is 30.3. The van der Waals surface area contributed by atoms with Gasteiger partial charge in [-0.05, 0) is 23.8 Å². The minimum Gasteiger partial charge on any atom is -0.495 e. The Bertz CT molecular complexity index is 875. The third-order valence-corrected chi connectivity index (χ3v) is 5.22. The molecule has 0 atom stereocenters. The Balaban J connectivity index is 1.49. The van der Waals surface area contributed by atoms with E-state index >= 15 is 0 Å². The molecule has 2 aromatic rings. The number of carbonyl (C=O) groups is 2. The maximum absolute atomic E-state index is 12.9. The molecule has 1 N–H and O–H groups in total. The number of ether oxygens (including phenoxy) is 2. The summed E-state index contributed by atoms with van der Waals surface area (Å²) in [5.41, 5.74) is 1.98. The molecule has 2 saturated heterocycles. The molecule has 1 aromatic heterocycles. The smallest absolute Gasteiger partial charge is 0.407 e. The minimum atomic E-state index is -0.456. The van der Waals surface area contributed by atoms with Crippen LogP contribution < -0.4 is 10.1 Å². The first-order valence-electron chi connectivity index (χ1n) is 8.94. The van der Waals surface area contributed by atoms with Gasteiger partial charge in [-0.3, -0.25) is 9.78 Å². The molecule has 27 heavy (non-hydrogen) atoms. The lowest BCUT2D eigenvalue weighted by Crippen LogP contribution is -2.48. The molecule has 1 aromatic carbocycles. The first-order chi connectivity index (χ1) is 13.1. The summed E-state index contributed by atoms with van der Waals surface area (Å²) < 4.78 is 10.6. The van der Waals surface area contributed by atoms with E-state index in [2.05, 4.69) is 10.3 Å². The van der Waals surface area contributed by atoms with Crippen LogP contribution >= 0.6 is 0 Å². The van der Waals surface area contributed by atoms with Crippen LogP contribution in [0, 0.1) is 0 Å². The maximum Gasteiger partial charge on any atom is 0.407 e. The van der Waals surface area contributed by atoms with E-state index in [-0.39, 0.29) is 12.0 Å². The number of carbonyl (C=O) groups excluding carboxylic acids is 2. The Kier molecular flexibility index (Phi) is 4.43. The number of nitrogens with zero attached hydrogens (tertiary/aromatic N) is 2. The van der Waals surface area contributed by atoms with Gasteiger partial charge in [0.25, 0.3) is 5.91 Å². The Morgan fingerprint density at radius 1 is 1.22 bits per heavy atom. The number of hydrogen-bond donors (Lipinski definition) is 1. The predicted molar refractivity (Wildman–Crippen MR) is 98.6 cm³/mol. The van der Waals surface area contributed by atoms with Gasteiger partial charge in [0.05, 0.1) is 19.9 Å². The van der Waals surface area contributed by atoms with Crippen LogP contribution in [0.5, 0.6) is 5.75 Å². The van der Waals surface area contributed by atoms with Crippen LogP contribution in [-0.4, -0.2) is 54.2 Å². The van der Waals surface area contributed by atoms with Gasteiger partial charge in [-0.1, -0.05) is 12.1 Å². The lowest BCUT2D eigenvalue weighted by molar-refractivity contribution is 0.00331. The highest BCUT2D eigenvalue weighted by molar-refractivity contribution is 5.95. The molecule has 1 spiro atoms. The summed E-state index contributed by atoms with van der Waals surface area (Å²) in [6, 6.07) is 9.40. The van der Waals surface area contributed by atoms with Crippen molar-refractivity contribution in [2.75, 3.05) is 26.7 Å². The first kappa shape index (κ1) is 17.3. The number of methoxy groups -OCH3 is 1. The van der Waals surface area contributed by atoms with Crippen molar-refractivity contribution < 1.29 is 19.1 Å². The van der Waals surface area contributed by atoms with Crippen molar-refractivity contribution in [2.24, 2.45) is 0 Å². The molecule has 0 bridgehead atoms. The van der Waals surface area contributed by atoms with Gasteiger partial charge in [-0.15, -0.1) is 0 Å². The number of likely N-dealkylation sites (tertiary alicyclic amines) is 1. The zero-order valence-electron chi connectivity index (χ0n) is 15.1. The Morgan fingerprint density at radius 2 is 2.04 bits per heavy atom. The van der Waals surface area contributed by atoms with E-state index in [4.69, 9.17) is 9.47 Å². The van der Waals surface area contributed by atoms with Gasteiger partial charge >= 0.3 is 6.09 Å². The van der Waals surface area contributed by atoms with E-state index < -0.39 is 5.60 Å². The topological polar surface area (TPSA) is 80.8 Å². The van der Waals surface area contributed by atoms with Gasteiger partial charge in [0.1, 0.15) is 11.4 Å². The predicted octanol–water partition coefficient (Wildman–Crippen LogP) is 2.47. The zero-order chi connectivity index (χ0) is 18.9. The second kappa shape index (κ2) is 6.90. The van der Waals surface area contributed by atoms with Gasteiger partial charge in [0, 0.05) is 43.3 Å². The van der Waals surface area contributed by atoms with Gasteiger partial charge < -0.3 is 19.7 Å². The van der Waals surface area contributed by atoms with Crippen molar-refractivity contribution in [1.29, 1.82) is 0 Å². The molecule has 2 aliphatic rings. The quantitative estimate of drug-likeness (QED) is 0.901. The monoisotopic (exact) mass is 367 g/mol. The lowest BCUT2D eigenvalue weighted by Gasteiger charge is -2.37. The summed E-state index contributed by atoms with van der Waals surface area (Å²) >= 11 is 0. The summed E-state index contributed by atoms with van der Waals surface area (Å²) in [6.07, 6.45) is 4.33. The number of amides is 2. The first-order valence-corrected chi connectivity index (χ1v) is 8.94. The summed E-state index contributed by atoms with van der Waals surface area (Å²) in [7, 11) is 1.60. The zero-order valence-corrected chi connectivity index (χ0v) is 15.1. The number of rotatable bonds is 3. The van der Waals surface area contributed by atoms with E-state index in [0.717, 1.165) is 11.1 Å². The second-order valence-electron chi connectivity index (χ2n) is 6.91. The number of pyridine rings is 1. The second-order valence-corrected chi connectivity index (χ2v) is 6.91. The Hall–Kier alpha value is -3.09. The standard InChI is InChI=1S/C20H21N3O4/c1-26-17-10-16(11-21-12-17)14-3-2-4-15(9-14)18(24)23-7-5-20(6-8-23)13-22-19(25)27-20/h2-4,9-12H,5-8,13H2,1H3,(H,22,25). The fourth-order valence-corrected chi connectivity index (χ4v) is 3.60. The summed E-state index contributed by atoms with van der Waals surface area (Å²) in [5, 5.41) is 2.71. The molecule has 3 heterocycles. The van der Waals surface area contributed by atoms with Crippen molar-refractivity contribution >= 4 is 12.0 Å². The van der Waals surface area contributed by atoms with Gasteiger partial charge in [-0.25, -0.2) is 4.79 Å². The maximum atomic E-state index is 12.9. The molecule has 0 saturated carbocycles. The van der Waals surface area contributed by atoms with Crippen LogP contribution in [0.25, 0.3) is 11.1 Å². The van der Waals surface area contributed by atoms with E-state index in [1.54, 1.807) is 19.5 Å². The molecular weight excluding hydrogens is 346 g/mol. The molecule has 7 heteroatoms. The molecule has 0 aliphatic carbocycles. The molecule has 0 unspecified atom stereocenters. The van der Waals surface area contributed by atoms with E-state index in [1.165, 1.54) is 0 Å². The highest BCUT2D eigenvalue weighted by Crippen LogP contribution is 2.30. The number of nitrogens with one attached hydrogen (secondary N) is 1. The van der Waals surface area contributed by atoms with Crippen molar-refractivity contribution in [2.45, 2.75) is 18.4 Å². The lowest BCUT2D eigenvalue weighted by atomic mass is 9.91. The SMILES string of the molecule is COc1cncc(-c2cccc(C(=O)N3CCC4(CC3)CNC(=O)O4)c2)c1. The van der Waals surface area contributed by atoms with Crippen LogP contribution in [0.3, 0.4) is 0 Å². The van der Waals surface area contributed by atoms with Crippen LogP contribution in [0.15, 0.2) is 42.7 Å². The Labute approximate surface area is 157 Å². The molecule has 2 fully saturated rings. The molecule has 140 valence electrons. The molecule has 0 radical (unpaired) electrons. The van der Waals surface area contributed by atoms with Crippen molar-refractivity contribution in [1.82, 2.24) is 15.2 Å². The van der Waals surface area contributed by atoms with E-state index in [9.17, 15) is 9.59 Å². The largest absolute Gasteiger partial charge is 0.495 e. The number of piperidine rings is 1. The number of alkyl carbamates (subject to hydrolysis) is 1. The number of benzene rings is 1. The molecule has 2 amide bonds. The van der Waals surface area contributed by atoms with Crippen LogP contribution in [-0.2, 0) is 4.74 Å². The molecular formula is C20H21N3O4. The van der Waals surface area contributed by atoms with Crippen LogP contribution in [0.4, 0.5) is 4.79 Å². The molecule has 7 nitrogen and oxygen atoms in total.